The zero-order valence-electron chi connectivity index (χ0n) is 43.2. The van der Waals surface area contributed by atoms with E-state index in [2.05, 4.69) is 106 Å². The van der Waals surface area contributed by atoms with E-state index in [1.54, 1.807) is 0 Å². The van der Waals surface area contributed by atoms with Crippen LogP contribution in [0.5, 0.6) is 0 Å². The molecule has 1 atom stereocenters. The minimum Gasteiger partial charge on any atom is -0.462 e. The third-order valence-corrected chi connectivity index (χ3v) is 11.6. The molecule has 0 aromatic rings. The van der Waals surface area contributed by atoms with Crippen LogP contribution in [-0.4, -0.2) is 37.2 Å². The Kier molecular flexibility index (Phi) is 51.4. The molecule has 0 rings (SSSR count). The number of carbonyl (C=O) groups is 3. The molecule has 378 valence electrons. The largest absolute Gasteiger partial charge is 0.462 e. The van der Waals surface area contributed by atoms with E-state index in [9.17, 15) is 14.4 Å². The van der Waals surface area contributed by atoms with Gasteiger partial charge in [-0.3, -0.25) is 14.4 Å². The molecule has 0 bridgehead atoms. The number of hydrogen-bond acceptors (Lipinski definition) is 6. The normalized spacial score (nSPS) is 12.7. The average Bonchev–Trinajstić information content (AvgIpc) is 3.31. The molecule has 0 fully saturated rings. The number of allylic oxidation sites excluding steroid dienone is 14. The summed E-state index contributed by atoms with van der Waals surface area (Å²) >= 11 is 0. The molecule has 0 amide bonds. The molecule has 0 heterocycles. The first-order chi connectivity index (χ1) is 32.5. The summed E-state index contributed by atoms with van der Waals surface area (Å²) < 4.78 is 16.8. The van der Waals surface area contributed by atoms with Crippen LogP contribution in [0, 0.1) is 0 Å². The third-order valence-electron chi connectivity index (χ3n) is 11.6. The Morgan fingerprint density at radius 3 is 0.985 bits per heavy atom. The SMILES string of the molecule is CC/C=C\C/C=C\C/C=C\C/C=C\CCCCCCCCCCC(=O)OCC(COC(=O)CCCCCCC/C=C\CCCCCC)OC(=O)CCCCCCC/C=C\C/C=C\CCCC. The van der Waals surface area contributed by atoms with Crippen LogP contribution in [0.1, 0.15) is 258 Å². The van der Waals surface area contributed by atoms with E-state index < -0.39 is 6.10 Å². The zero-order chi connectivity index (χ0) is 47.9. The van der Waals surface area contributed by atoms with Crippen molar-refractivity contribution in [2.45, 2.75) is 264 Å². The lowest BCUT2D eigenvalue weighted by molar-refractivity contribution is -0.167. The molecular formula is C60H102O6. The predicted octanol–water partition coefficient (Wildman–Crippen LogP) is 18.4. The van der Waals surface area contributed by atoms with Crippen molar-refractivity contribution in [3.63, 3.8) is 0 Å². The van der Waals surface area contributed by atoms with Gasteiger partial charge in [0.1, 0.15) is 13.2 Å². The first-order valence-corrected chi connectivity index (χ1v) is 27.6. The van der Waals surface area contributed by atoms with Crippen molar-refractivity contribution in [3.8, 4) is 0 Å². The first kappa shape index (κ1) is 62.6. The Morgan fingerprint density at radius 2 is 0.606 bits per heavy atom. The number of carbonyl (C=O) groups excluding carboxylic acids is 3. The van der Waals surface area contributed by atoms with Gasteiger partial charge in [0, 0.05) is 19.3 Å². The molecule has 0 aliphatic rings. The maximum Gasteiger partial charge on any atom is 0.306 e. The van der Waals surface area contributed by atoms with Crippen molar-refractivity contribution in [2.24, 2.45) is 0 Å². The fourth-order valence-corrected chi connectivity index (χ4v) is 7.44. The van der Waals surface area contributed by atoms with Crippen molar-refractivity contribution >= 4 is 17.9 Å². The summed E-state index contributed by atoms with van der Waals surface area (Å²) in [5.74, 6) is -0.917. The Balaban J connectivity index is 4.38. The van der Waals surface area contributed by atoms with Gasteiger partial charge in [0.25, 0.3) is 0 Å². The number of unbranched alkanes of at least 4 members (excludes halogenated alkanes) is 24. The van der Waals surface area contributed by atoms with E-state index >= 15 is 0 Å². The van der Waals surface area contributed by atoms with Crippen molar-refractivity contribution in [2.75, 3.05) is 13.2 Å². The van der Waals surface area contributed by atoms with E-state index in [1.807, 2.05) is 0 Å². The van der Waals surface area contributed by atoms with Gasteiger partial charge in [0.05, 0.1) is 0 Å². The zero-order valence-corrected chi connectivity index (χ0v) is 43.2. The molecule has 0 aliphatic carbocycles. The second-order valence-corrected chi connectivity index (χ2v) is 18.1. The summed E-state index contributed by atoms with van der Waals surface area (Å²) in [7, 11) is 0. The Labute approximate surface area is 407 Å². The average molecular weight is 919 g/mol. The standard InChI is InChI=1S/C60H102O6/c1-4-7-10-13-16-19-22-25-27-28-29-30-31-32-33-36-38-41-44-47-50-53-59(62)65-56-57(55-64-58(61)52-49-46-43-40-37-34-24-21-18-15-12-9-6-3)66-60(63)54-51-48-45-42-39-35-26-23-20-17-14-11-8-5-2/h7,10,14,16-17,19,21,23-27,29-30,57H,4-6,8-9,11-13,15,18,20,22,28,31-56H2,1-3H3/b10-7-,17-14-,19-16-,24-21-,26-23-,27-25-,30-29-. The highest BCUT2D eigenvalue weighted by molar-refractivity contribution is 5.71. The van der Waals surface area contributed by atoms with Crippen LogP contribution in [0.25, 0.3) is 0 Å². The summed E-state index contributed by atoms with van der Waals surface area (Å²) in [6.07, 6.45) is 69.9. The van der Waals surface area contributed by atoms with Gasteiger partial charge in [-0.25, -0.2) is 0 Å². The van der Waals surface area contributed by atoms with E-state index in [0.29, 0.717) is 19.3 Å². The van der Waals surface area contributed by atoms with E-state index in [4.69, 9.17) is 14.2 Å². The van der Waals surface area contributed by atoms with Crippen LogP contribution in [0.15, 0.2) is 85.1 Å². The summed E-state index contributed by atoms with van der Waals surface area (Å²) in [5, 5.41) is 0. The quantitative estimate of drug-likeness (QED) is 0.0262. The Bertz CT molecular complexity index is 1290. The Morgan fingerprint density at radius 1 is 0.318 bits per heavy atom. The molecule has 0 saturated carbocycles. The van der Waals surface area contributed by atoms with Gasteiger partial charge in [0.2, 0.25) is 0 Å². The van der Waals surface area contributed by atoms with Gasteiger partial charge >= 0.3 is 17.9 Å². The van der Waals surface area contributed by atoms with Crippen LogP contribution >= 0.6 is 0 Å². The van der Waals surface area contributed by atoms with Crippen LogP contribution in [0.2, 0.25) is 0 Å². The molecule has 0 aromatic heterocycles. The fourth-order valence-electron chi connectivity index (χ4n) is 7.44. The predicted molar refractivity (Wildman–Crippen MR) is 284 cm³/mol. The molecule has 6 heteroatoms. The van der Waals surface area contributed by atoms with Crippen molar-refractivity contribution in [1.29, 1.82) is 0 Å². The minimum atomic E-state index is -0.790. The molecule has 0 radical (unpaired) electrons. The second kappa shape index (κ2) is 54.2. The van der Waals surface area contributed by atoms with Crippen LogP contribution in [0.3, 0.4) is 0 Å². The van der Waals surface area contributed by atoms with Crippen LogP contribution in [-0.2, 0) is 28.6 Å². The highest BCUT2D eigenvalue weighted by atomic mass is 16.6. The third kappa shape index (κ3) is 51.6. The topological polar surface area (TPSA) is 78.9 Å². The lowest BCUT2D eigenvalue weighted by atomic mass is 10.1. The van der Waals surface area contributed by atoms with Gasteiger partial charge in [-0.05, 0) is 109 Å². The van der Waals surface area contributed by atoms with Crippen molar-refractivity contribution in [1.82, 2.24) is 0 Å². The lowest BCUT2D eigenvalue weighted by Crippen LogP contribution is -2.30. The van der Waals surface area contributed by atoms with E-state index in [-0.39, 0.29) is 31.1 Å². The summed E-state index contributed by atoms with van der Waals surface area (Å²) in [5.41, 5.74) is 0. The minimum absolute atomic E-state index is 0.0892. The molecular weight excluding hydrogens is 817 g/mol. The highest BCUT2D eigenvalue weighted by Gasteiger charge is 2.19. The van der Waals surface area contributed by atoms with Crippen molar-refractivity contribution in [3.05, 3.63) is 85.1 Å². The van der Waals surface area contributed by atoms with Crippen LogP contribution in [0.4, 0.5) is 0 Å². The molecule has 0 saturated heterocycles. The fraction of sp³-hybridized carbons (Fsp3) is 0.717. The summed E-state index contributed by atoms with van der Waals surface area (Å²) in [6, 6.07) is 0. The monoisotopic (exact) mass is 919 g/mol. The smallest absolute Gasteiger partial charge is 0.306 e. The number of rotatable bonds is 49. The molecule has 66 heavy (non-hydrogen) atoms. The van der Waals surface area contributed by atoms with Gasteiger partial charge in [-0.15, -0.1) is 0 Å². The molecule has 0 aromatic carbocycles. The molecule has 6 nitrogen and oxygen atoms in total. The van der Waals surface area contributed by atoms with Crippen LogP contribution < -0.4 is 0 Å². The van der Waals surface area contributed by atoms with Gasteiger partial charge in [-0.1, -0.05) is 215 Å². The molecule has 1 unspecified atom stereocenters. The molecule has 0 N–H and O–H groups in total. The first-order valence-electron chi connectivity index (χ1n) is 27.6. The van der Waals surface area contributed by atoms with Crippen molar-refractivity contribution < 1.29 is 28.6 Å². The molecule has 0 spiro atoms. The van der Waals surface area contributed by atoms with Gasteiger partial charge < -0.3 is 14.2 Å². The second-order valence-electron chi connectivity index (χ2n) is 18.1. The highest BCUT2D eigenvalue weighted by Crippen LogP contribution is 2.14. The molecule has 0 aliphatic heterocycles. The number of hydrogen-bond donors (Lipinski definition) is 0. The maximum absolute atomic E-state index is 12.8. The lowest BCUT2D eigenvalue weighted by Gasteiger charge is -2.18. The Hall–Kier alpha value is -3.41. The van der Waals surface area contributed by atoms with E-state index in [1.165, 1.54) is 96.3 Å². The van der Waals surface area contributed by atoms with E-state index in [0.717, 1.165) is 122 Å². The number of esters is 3. The summed E-state index contributed by atoms with van der Waals surface area (Å²) in [6.45, 7) is 6.45. The van der Waals surface area contributed by atoms with Gasteiger partial charge in [0.15, 0.2) is 6.10 Å². The number of ether oxygens (including phenoxy) is 3. The maximum atomic E-state index is 12.8. The van der Waals surface area contributed by atoms with Gasteiger partial charge in [-0.2, -0.15) is 0 Å². The summed E-state index contributed by atoms with van der Waals surface area (Å²) in [4.78, 5) is 38.1.